The van der Waals surface area contributed by atoms with E-state index in [2.05, 4.69) is 6.07 Å². The first-order valence-electron chi connectivity index (χ1n) is 4.35. The molecule has 13 heavy (non-hydrogen) atoms. The summed E-state index contributed by atoms with van der Waals surface area (Å²) < 4.78 is 11.0. The Morgan fingerprint density at radius 3 is 3.08 bits per heavy atom. The number of ether oxygens (including phenoxy) is 1. The molecule has 0 N–H and O–H groups in total. The highest BCUT2D eigenvalue weighted by atomic mass is 16.6. The number of hydrogen-bond donors (Lipinski definition) is 0. The zero-order chi connectivity index (χ0) is 8.41. The van der Waals surface area contributed by atoms with E-state index in [9.17, 15) is 0 Å². The van der Waals surface area contributed by atoms with Crippen molar-refractivity contribution in [1.29, 1.82) is 0 Å². The van der Waals surface area contributed by atoms with Gasteiger partial charge in [0.05, 0.1) is 12.0 Å². The average molecular weight is 170 g/mol. The van der Waals surface area contributed by atoms with Gasteiger partial charge in [0, 0.05) is 5.39 Å². The molecule has 2 nitrogen and oxygen atoms in total. The van der Waals surface area contributed by atoms with Crippen LogP contribution in [-0.4, -0.2) is 0 Å². The molecule has 0 saturated carbocycles. The quantitative estimate of drug-likeness (QED) is 0.607. The van der Waals surface area contributed by atoms with Gasteiger partial charge in [-0.1, -0.05) is 18.2 Å². The zero-order valence-electron chi connectivity index (χ0n) is 6.83. The van der Waals surface area contributed by atoms with Gasteiger partial charge in [0.2, 0.25) is 0 Å². The first-order valence-corrected chi connectivity index (χ1v) is 4.35. The van der Waals surface area contributed by atoms with Crippen molar-refractivity contribution in [2.45, 2.75) is 6.42 Å². The molecule has 0 radical (unpaired) electrons. The summed E-state index contributed by atoms with van der Waals surface area (Å²) >= 11 is 0. The monoisotopic (exact) mass is 170 g/mol. The Kier molecular flexibility index (Phi) is 0.740. The van der Waals surface area contributed by atoms with E-state index in [0.717, 1.165) is 29.3 Å². The minimum Gasteiger partial charge on any atom is -0.460 e. The van der Waals surface area contributed by atoms with Crippen LogP contribution in [0.15, 0.2) is 34.4 Å². The summed E-state index contributed by atoms with van der Waals surface area (Å²) in [4.78, 5) is 0. The van der Waals surface area contributed by atoms with Crippen molar-refractivity contribution in [3.05, 3.63) is 41.3 Å². The van der Waals surface area contributed by atoms with Gasteiger partial charge in [-0.05, 0) is 6.07 Å². The van der Waals surface area contributed by atoms with Crippen LogP contribution >= 0.6 is 0 Å². The number of para-hydroxylation sites is 1. The standard InChI is InChI=1S/C11H6O2/c1-2-4-7-6(3-1)10-8(12-7)5-9-11(10)13-9/h1-4H,5H2. The van der Waals surface area contributed by atoms with Gasteiger partial charge in [0.25, 0.3) is 0 Å². The molecule has 1 aliphatic heterocycles. The van der Waals surface area contributed by atoms with Crippen LogP contribution < -0.4 is 0 Å². The van der Waals surface area contributed by atoms with Crippen molar-refractivity contribution in [1.82, 2.24) is 0 Å². The molecule has 0 bridgehead atoms. The van der Waals surface area contributed by atoms with Gasteiger partial charge in [0.15, 0.2) is 11.5 Å². The van der Waals surface area contributed by atoms with Crippen LogP contribution in [0, 0.1) is 0 Å². The van der Waals surface area contributed by atoms with Crippen LogP contribution in [0.4, 0.5) is 0 Å². The summed E-state index contributed by atoms with van der Waals surface area (Å²) in [5, 5.41) is 1.18. The van der Waals surface area contributed by atoms with Gasteiger partial charge in [-0.15, -0.1) is 0 Å². The molecule has 2 aliphatic rings. The van der Waals surface area contributed by atoms with Gasteiger partial charge in [-0.3, -0.25) is 0 Å². The minimum absolute atomic E-state index is 0.847. The number of rotatable bonds is 0. The Bertz CT molecular complexity index is 560. The third-order valence-corrected chi connectivity index (χ3v) is 2.65. The van der Waals surface area contributed by atoms with Crippen LogP contribution in [0.25, 0.3) is 16.7 Å². The first-order chi connectivity index (χ1) is 6.43. The molecule has 4 rings (SSSR count). The van der Waals surface area contributed by atoms with Gasteiger partial charge >= 0.3 is 0 Å². The van der Waals surface area contributed by atoms with E-state index >= 15 is 0 Å². The molecule has 2 aromatic rings. The lowest BCUT2D eigenvalue weighted by molar-refractivity contribution is 0.465. The highest BCUT2D eigenvalue weighted by molar-refractivity contribution is 5.96. The molecular weight excluding hydrogens is 164 g/mol. The number of benzene rings is 1. The molecular formula is C11H6O2. The highest BCUT2D eigenvalue weighted by Crippen LogP contribution is 2.50. The normalized spacial score (nSPS) is 17.2. The number of fused-ring (bicyclic) bond motifs is 4. The third kappa shape index (κ3) is 0.569. The summed E-state index contributed by atoms with van der Waals surface area (Å²) in [6.45, 7) is 0. The minimum atomic E-state index is 0.847. The second kappa shape index (κ2) is 1.64. The van der Waals surface area contributed by atoms with Crippen molar-refractivity contribution < 1.29 is 9.15 Å². The first kappa shape index (κ1) is 5.86. The lowest BCUT2D eigenvalue weighted by Crippen LogP contribution is -1.81. The molecule has 0 amide bonds. The molecule has 1 aromatic carbocycles. The van der Waals surface area contributed by atoms with Crippen molar-refractivity contribution in [3.63, 3.8) is 0 Å². The van der Waals surface area contributed by atoms with Gasteiger partial charge in [-0.2, -0.15) is 0 Å². The Balaban J connectivity index is 2.22. The van der Waals surface area contributed by atoms with Crippen LogP contribution in [0.5, 0.6) is 0 Å². The van der Waals surface area contributed by atoms with Gasteiger partial charge < -0.3 is 9.15 Å². The summed E-state index contributed by atoms with van der Waals surface area (Å²) in [5.41, 5.74) is 2.15. The van der Waals surface area contributed by atoms with Crippen LogP contribution in [0.2, 0.25) is 0 Å². The summed E-state index contributed by atoms with van der Waals surface area (Å²) in [7, 11) is 0. The van der Waals surface area contributed by atoms with E-state index in [1.807, 2.05) is 18.2 Å². The van der Waals surface area contributed by atoms with E-state index in [0.29, 0.717) is 0 Å². The third-order valence-electron chi connectivity index (χ3n) is 2.65. The maximum Gasteiger partial charge on any atom is 0.177 e. The second-order valence-electron chi connectivity index (χ2n) is 3.43. The number of allylic oxidation sites excluding steroid dienone is 1. The van der Waals surface area contributed by atoms with Crippen LogP contribution in [0.3, 0.4) is 0 Å². The number of furan rings is 1. The molecule has 62 valence electrons. The lowest BCUT2D eigenvalue weighted by Gasteiger charge is -1.92. The molecule has 2 heterocycles. The van der Waals surface area contributed by atoms with E-state index in [1.165, 1.54) is 10.9 Å². The van der Waals surface area contributed by atoms with E-state index < -0.39 is 0 Å². The smallest absolute Gasteiger partial charge is 0.177 e. The Morgan fingerprint density at radius 1 is 1.15 bits per heavy atom. The SMILES string of the molecule is c1ccc2c3c(oc2c1)CC1=C3O1. The fraction of sp³-hybridized carbons (Fsp3) is 0.0909. The summed E-state index contributed by atoms with van der Waals surface area (Å²) in [6, 6.07) is 8.09. The van der Waals surface area contributed by atoms with Crippen molar-refractivity contribution in [2.24, 2.45) is 0 Å². The highest BCUT2D eigenvalue weighted by Gasteiger charge is 2.40. The Labute approximate surface area is 74.4 Å². The maximum absolute atomic E-state index is 5.69. The van der Waals surface area contributed by atoms with Crippen molar-refractivity contribution in [3.8, 4) is 0 Å². The van der Waals surface area contributed by atoms with E-state index in [1.54, 1.807) is 0 Å². The summed E-state index contributed by atoms with van der Waals surface area (Å²) in [5.74, 6) is 3.22. The topological polar surface area (TPSA) is 25.7 Å². The fourth-order valence-corrected chi connectivity index (χ4v) is 2.02. The molecule has 2 heteroatoms. The van der Waals surface area contributed by atoms with E-state index in [-0.39, 0.29) is 0 Å². The van der Waals surface area contributed by atoms with Gasteiger partial charge in [0.1, 0.15) is 11.3 Å². The molecule has 1 aliphatic carbocycles. The van der Waals surface area contributed by atoms with Gasteiger partial charge in [-0.25, -0.2) is 0 Å². The second-order valence-corrected chi connectivity index (χ2v) is 3.43. The zero-order valence-corrected chi connectivity index (χ0v) is 6.83. The maximum atomic E-state index is 5.69. The largest absolute Gasteiger partial charge is 0.460 e. The van der Waals surface area contributed by atoms with Crippen LogP contribution in [-0.2, 0) is 11.2 Å². The number of hydrogen-bond acceptors (Lipinski definition) is 2. The molecule has 0 unspecified atom stereocenters. The molecule has 0 atom stereocenters. The molecule has 0 saturated heterocycles. The van der Waals surface area contributed by atoms with Crippen LogP contribution in [0.1, 0.15) is 11.3 Å². The van der Waals surface area contributed by atoms with Crippen molar-refractivity contribution in [2.75, 3.05) is 0 Å². The Morgan fingerprint density at radius 2 is 2.08 bits per heavy atom. The Hall–Kier alpha value is -1.70. The fourth-order valence-electron chi connectivity index (χ4n) is 2.02. The average Bonchev–Trinajstić information content (AvgIpc) is 2.69. The summed E-state index contributed by atoms with van der Waals surface area (Å²) in [6.07, 6.45) is 0.847. The predicted molar refractivity (Wildman–Crippen MR) is 47.9 cm³/mol. The van der Waals surface area contributed by atoms with Crippen molar-refractivity contribution >= 4 is 16.7 Å². The molecule has 0 spiro atoms. The lowest BCUT2D eigenvalue weighted by atomic mass is 10.1. The molecule has 1 aromatic heterocycles. The van der Waals surface area contributed by atoms with E-state index in [4.69, 9.17) is 9.15 Å². The molecule has 0 fully saturated rings. The predicted octanol–water partition coefficient (Wildman–Crippen LogP) is 2.69.